The number of hydrogen-bond donors (Lipinski definition) is 1. The fraction of sp³-hybridized carbons (Fsp3) is 0.846. The van der Waals surface area contributed by atoms with Crippen molar-refractivity contribution < 1.29 is 9.84 Å². The highest BCUT2D eigenvalue weighted by atomic mass is 16.5. The summed E-state index contributed by atoms with van der Waals surface area (Å²) in [6.45, 7) is 9.40. The van der Waals surface area contributed by atoms with Gasteiger partial charge in [0.05, 0.1) is 19.3 Å². The Bertz CT molecular complexity index is 263. The predicted molar refractivity (Wildman–Crippen MR) is 65.2 cm³/mol. The average Bonchev–Trinajstić information content (AvgIpc) is 2.35. The molecule has 0 aromatic heterocycles. The fourth-order valence-corrected chi connectivity index (χ4v) is 2.16. The van der Waals surface area contributed by atoms with Crippen LogP contribution in [-0.4, -0.2) is 48.0 Å². The summed E-state index contributed by atoms with van der Waals surface area (Å²) in [5.74, 6) is 5.81. The van der Waals surface area contributed by atoms with E-state index in [0.29, 0.717) is 6.42 Å². The van der Waals surface area contributed by atoms with Crippen LogP contribution in [0.4, 0.5) is 0 Å². The van der Waals surface area contributed by atoms with Gasteiger partial charge in [0, 0.05) is 25.0 Å². The zero-order valence-electron chi connectivity index (χ0n) is 10.6. The first-order chi connectivity index (χ1) is 7.65. The molecule has 3 nitrogen and oxygen atoms in total. The molecule has 1 rings (SSSR count). The van der Waals surface area contributed by atoms with Gasteiger partial charge in [-0.3, -0.25) is 4.90 Å². The summed E-state index contributed by atoms with van der Waals surface area (Å²) in [5, 5.41) is 10.3. The summed E-state index contributed by atoms with van der Waals surface area (Å²) in [6, 6.07) is 0. The molecule has 1 aliphatic heterocycles. The van der Waals surface area contributed by atoms with Gasteiger partial charge in [-0.05, 0) is 20.3 Å². The molecule has 1 N–H and O–H groups in total. The van der Waals surface area contributed by atoms with Gasteiger partial charge < -0.3 is 9.84 Å². The number of ether oxygens (including phenoxy) is 1. The molecule has 1 fully saturated rings. The predicted octanol–water partition coefficient (Wildman–Crippen LogP) is 1.26. The van der Waals surface area contributed by atoms with Crippen molar-refractivity contribution >= 4 is 0 Å². The Balaban J connectivity index is 2.68. The van der Waals surface area contributed by atoms with E-state index in [0.717, 1.165) is 32.7 Å². The second kappa shape index (κ2) is 6.24. The van der Waals surface area contributed by atoms with Crippen LogP contribution in [-0.2, 0) is 4.74 Å². The number of aliphatic hydroxyl groups excluding tert-OH is 1. The SMILES string of the molecule is CC#CCC(O)C(C)(CC)N1CCOCC1. The fourth-order valence-electron chi connectivity index (χ4n) is 2.16. The standard InChI is InChI=1S/C13H23NO2/c1-4-6-7-12(15)13(3,5-2)14-8-10-16-11-9-14/h12,15H,5,7-11H2,1-3H3. The summed E-state index contributed by atoms with van der Waals surface area (Å²) in [4.78, 5) is 2.33. The van der Waals surface area contributed by atoms with Gasteiger partial charge in [0.1, 0.15) is 0 Å². The van der Waals surface area contributed by atoms with Crippen molar-refractivity contribution in [3.8, 4) is 11.8 Å². The van der Waals surface area contributed by atoms with Crippen molar-refractivity contribution in [2.24, 2.45) is 0 Å². The lowest BCUT2D eigenvalue weighted by atomic mass is 9.87. The van der Waals surface area contributed by atoms with Gasteiger partial charge in [0.25, 0.3) is 0 Å². The van der Waals surface area contributed by atoms with E-state index in [1.54, 1.807) is 0 Å². The molecule has 2 unspecified atom stereocenters. The van der Waals surface area contributed by atoms with E-state index in [-0.39, 0.29) is 11.6 Å². The molecule has 92 valence electrons. The van der Waals surface area contributed by atoms with Crippen LogP contribution in [0.1, 0.15) is 33.6 Å². The van der Waals surface area contributed by atoms with E-state index in [1.165, 1.54) is 0 Å². The van der Waals surface area contributed by atoms with Crippen LogP contribution >= 0.6 is 0 Å². The molecule has 0 aromatic carbocycles. The lowest BCUT2D eigenvalue weighted by Gasteiger charge is -2.45. The second-order valence-electron chi connectivity index (χ2n) is 4.46. The molecule has 0 aliphatic carbocycles. The molecule has 0 bridgehead atoms. The number of nitrogens with zero attached hydrogens (tertiary/aromatic N) is 1. The Kier molecular flexibility index (Phi) is 5.27. The molecule has 0 spiro atoms. The molecule has 0 saturated carbocycles. The summed E-state index contributed by atoms with van der Waals surface area (Å²) >= 11 is 0. The molecular weight excluding hydrogens is 202 g/mol. The van der Waals surface area contributed by atoms with Gasteiger partial charge in [-0.1, -0.05) is 6.92 Å². The van der Waals surface area contributed by atoms with E-state index in [4.69, 9.17) is 4.74 Å². The maximum absolute atomic E-state index is 10.3. The van der Waals surface area contributed by atoms with Crippen LogP contribution in [0.3, 0.4) is 0 Å². The maximum atomic E-state index is 10.3. The normalized spacial score (nSPS) is 23.0. The third-order valence-electron chi connectivity index (χ3n) is 3.64. The monoisotopic (exact) mass is 225 g/mol. The highest BCUT2D eigenvalue weighted by molar-refractivity contribution is 5.03. The first kappa shape index (κ1) is 13.5. The molecule has 16 heavy (non-hydrogen) atoms. The maximum Gasteiger partial charge on any atom is 0.0829 e. The molecule has 2 atom stereocenters. The van der Waals surface area contributed by atoms with Crippen LogP contribution in [0.15, 0.2) is 0 Å². The van der Waals surface area contributed by atoms with Gasteiger partial charge in [0.15, 0.2) is 0 Å². The first-order valence-corrected chi connectivity index (χ1v) is 6.05. The minimum absolute atomic E-state index is 0.173. The summed E-state index contributed by atoms with van der Waals surface area (Å²) in [5.41, 5.74) is -0.173. The zero-order valence-corrected chi connectivity index (χ0v) is 10.6. The molecule has 0 radical (unpaired) electrons. The Morgan fingerprint density at radius 1 is 1.44 bits per heavy atom. The molecule has 1 saturated heterocycles. The first-order valence-electron chi connectivity index (χ1n) is 6.05. The Hall–Kier alpha value is -0.560. The molecule has 1 aliphatic rings. The largest absolute Gasteiger partial charge is 0.390 e. The topological polar surface area (TPSA) is 32.7 Å². The molecule has 3 heteroatoms. The van der Waals surface area contributed by atoms with E-state index in [9.17, 15) is 5.11 Å². The number of rotatable bonds is 4. The van der Waals surface area contributed by atoms with E-state index < -0.39 is 0 Å². The van der Waals surface area contributed by atoms with Crippen molar-refractivity contribution in [2.45, 2.75) is 45.3 Å². The average molecular weight is 225 g/mol. The van der Waals surface area contributed by atoms with Crippen molar-refractivity contribution in [1.29, 1.82) is 0 Å². The summed E-state index contributed by atoms with van der Waals surface area (Å²) < 4.78 is 5.35. The minimum Gasteiger partial charge on any atom is -0.390 e. The van der Waals surface area contributed by atoms with Crippen molar-refractivity contribution in [3.63, 3.8) is 0 Å². The summed E-state index contributed by atoms with van der Waals surface area (Å²) in [7, 11) is 0. The number of hydrogen-bond acceptors (Lipinski definition) is 3. The zero-order chi connectivity index (χ0) is 12.0. The smallest absolute Gasteiger partial charge is 0.0829 e. The lowest BCUT2D eigenvalue weighted by molar-refractivity contribution is -0.0700. The highest BCUT2D eigenvalue weighted by Gasteiger charge is 2.37. The Morgan fingerprint density at radius 3 is 2.56 bits per heavy atom. The highest BCUT2D eigenvalue weighted by Crippen LogP contribution is 2.26. The van der Waals surface area contributed by atoms with Crippen LogP contribution in [0.2, 0.25) is 0 Å². The van der Waals surface area contributed by atoms with Crippen LogP contribution in [0, 0.1) is 11.8 Å². The third-order valence-corrected chi connectivity index (χ3v) is 3.64. The lowest BCUT2D eigenvalue weighted by Crippen LogP contribution is -2.57. The van der Waals surface area contributed by atoms with Gasteiger partial charge in [-0.2, -0.15) is 0 Å². The van der Waals surface area contributed by atoms with Gasteiger partial charge in [-0.25, -0.2) is 0 Å². The van der Waals surface area contributed by atoms with Crippen LogP contribution in [0.5, 0.6) is 0 Å². The van der Waals surface area contributed by atoms with E-state index in [2.05, 4.69) is 30.6 Å². The van der Waals surface area contributed by atoms with Gasteiger partial charge in [0.2, 0.25) is 0 Å². The van der Waals surface area contributed by atoms with Crippen LogP contribution < -0.4 is 0 Å². The molecule has 0 aromatic rings. The molecular formula is C13H23NO2. The van der Waals surface area contributed by atoms with E-state index in [1.807, 2.05) is 6.92 Å². The minimum atomic E-state index is -0.386. The van der Waals surface area contributed by atoms with E-state index >= 15 is 0 Å². The molecule has 0 amide bonds. The van der Waals surface area contributed by atoms with Gasteiger partial charge in [-0.15, -0.1) is 11.8 Å². The van der Waals surface area contributed by atoms with Crippen molar-refractivity contribution in [1.82, 2.24) is 4.90 Å². The van der Waals surface area contributed by atoms with Gasteiger partial charge >= 0.3 is 0 Å². The van der Waals surface area contributed by atoms with Crippen molar-refractivity contribution in [2.75, 3.05) is 26.3 Å². The summed E-state index contributed by atoms with van der Waals surface area (Å²) in [6.07, 6.45) is 1.10. The van der Waals surface area contributed by atoms with Crippen molar-refractivity contribution in [3.05, 3.63) is 0 Å². The molecule has 1 heterocycles. The Morgan fingerprint density at radius 2 is 2.06 bits per heavy atom. The Labute approximate surface area is 98.8 Å². The third kappa shape index (κ3) is 2.98. The number of morpholine rings is 1. The van der Waals surface area contributed by atoms with Crippen LogP contribution in [0.25, 0.3) is 0 Å². The quantitative estimate of drug-likeness (QED) is 0.731. The number of aliphatic hydroxyl groups is 1. The second-order valence-corrected chi connectivity index (χ2v) is 4.46.